The Balaban J connectivity index is 1.72. The van der Waals surface area contributed by atoms with Gasteiger partial charge in [-0.15, -0.1) is 0 Å². The Kier molecular flexibility index (Phi) is 9.98. The van der Waals surface area contributed by atoms with Gasteiger partial charge in [-0.3, -0.25) is 4.79 Å². The minimum Gasteiger partial charge on any atom is -0.497 e. The number of carbonyl (C=O) groups is 2. The summed E-state index contributed by atoms with van der Waals surface area (Å²) >= 11 is 0. The fourth-order valence-corrected chi connectivity index (χ4v) is 4.59. The van der Waals surface area contributed by atoms with Gasteiger partial charge in [0.05, 0.1) is 33.5 Å². The zero-order valence-electron chi connectivity index (χ0n) is 23.0. The monoisotopic (exact) mass is 518 g/mol. The Labute approximate surface area is 220 Å². The molecule has 2 aliphatic rings. The van der Waals surface area contributed by atoms with E-state index in [1.165, 1.54) is 12.7 Å². The number of hydrogen-bond donors (Lipinski definition) is 1. The molecule has 1 aliphatic heterocycles. The summed E-state index contributed by atoms with van der Waals surface area (Å²) < 4.78 is 27.6. The normalized spacial score (nSPS) is 18.6. The first-order valence-electron chi connectivity index (χ1n) is 12.9. The molecule has 1 heterocycles. The van der Waals surface area contributed by atoms with Gasteiger partial charge in [-0.1, -0.05) is 23.8 Å². The van der Waals surface area contributed by atoms with E-state index in [0.29, 0.717) is 39.0 Å². The molecule has 37 heavy (non-hydrogen) atoms. The summed E-state index contributed by atoms with van der Waals surface area (Å²) in [5, 5.41) is 3.35. The van der Waals surface area contributed by atoms with E-state index in [0.717, 1.165) is 24.2 Å². The standard InChI is InChI=1S/C28H42N2O7/c1-27(2,3)37-26(32)30(4)22(17-21-11-13-28(14-12-21)35-15-16-36-28)19-29-24(25(31)34-6)18-20-7-9-23(33-5)10-8-20/h7-11,22,24,29H,12-19H2,1-6H3/t22-,24-/m0/s1. The van der Waals surface area contributed by atoms with E-state index in [1.54, 1.807) is 19.1 Å². The molecule has 1 saturated heterocycles. The lowest BCUT2D eigenvalue weighted by Gasteiger charge is -2.35. The average Bonchev–Trinajstić information content (AvgIpc) is 3.33. The Hall–Kier alpha value is -2.62. The van der Waals surface area contributed by atoms with Crippen LogP contribution >= 0.6 is 0 Å². The van der Waals surface area contributed by atoms with Crippen LogP contribution in [-0.2, 0) is 30.2 Å². The smallest absolute Gasteiger partial charge is 0.410 e. The number of esters is 1. The quantitative estimate of drug-likeness (QED) is 0.369. The van der Waals surface area contributed by atoms with Crippen molar-refractivity contribution in [2.45, 2.75) is 76.3 Å². The first-order valence-corrected chi connectivity index (χ1v) is 12.9. The molecular weight excluding hydrogens is 476 g/mol. The molecule has 1 N–H and O–H groups in total. The molecule has 206 valence electrons. The summed E-state index contributed by atoms with van der Waals surface area (Å²) in [5.74, 6) is -0.104. The van der Waals surface area contributed by atoms with E-state index < -0.39 is 23.5 Å². The third-order valence-electron chi connectivity index (χ3n) is 6.75. The second-order valence-electron chi connectivity index (χ2n) is 10.7. The lowest BCUT2D eigenvalue weighted by Crippen LogP contribution is -2.50. The fraction of sp³-hybridized carbons (Fsp3) is 0.643. The lowest BCUT2D eigenvalue weighted by molar-refractivity contribution is -0.161. The number of hydrogen-bond acceptors (Lipinski definition) is 8. The summed E-state index contributed by atoms with van der Waals surface area (Å²) in [4.78, 5) is 27.2. The Bertz CT molecular complexity index is 933. The van der Waals surface area contributed by atoms with Crippen LogP contribution in [-0.4, -0.2) is 81.5 Å². The van der Waals surface area contributed by atoms with E-state index >= 15 is 0 Å². The Morgan fingerprint density at radius 1 is 1.11 bits per heavy atom. The van der Waals surface area contributed by atoms with Crippen LogP contribution in [0.4, 0.5) is 4.79 Å². The van der Waals surface area contributed by atoms with Crippen LogP contribution in [0.25, 0.3) is 0 Å². The molecule has 0 aromatic heterocycles. The highest BCUT2D eigenvalue weighted by atomic mass is 16.7. The highest BCUT2D eigenvalue weighted by Gasteiger charge is 2.38. The third-order valence-corrected chi connectivity index (χ3v) is 6.75. The first kappa shape index (κ1) is 28.9. The molecule has 3 rings (SSSR count). The Morgan fingerprint density at radius 3 is 2.32 bits per heavy atom. The van der Waals surface area contributed by atoms with Crippen molar-refractivity contribution in [3.8, 4) is 5.75 Å². The molecule has 0 radical (unpaired) electrons. The van der Waals surface area contributed by atoms with E-state index in [9.17, 15) is 9.59 Å². The van der Waals surface area contributed by atoms with Crippen molar-refractivity contribution in [1.82, 2.24) is 10.2 Å². The van der Waals surface area contributed by atoms with Gasteiger partial charge in [0.1, 0.15) is 17.4 Å². The van der Waals surface area contributed by atoms with Crippen molar-refractivity contribution in [2.24, 2.45) is 0 Å². The number of ether oxygens (including phenoxy) is 5. The number of amides is 1. The highest BCUT2D eigenvalue weighted by Crippen LogP contribution is 2.36. The summed E-state index contributed by atoms with van der Waals surface area (Å²) in [6.45, 7) is 7.18. The molecule has 0 saturated carbocycles. The van der Waals surface area contributed by atoms with Crippen molar-refractivity contribution in [3.63, 3.8) is 0 Å². The minimum absolute atomic E-state index is 0.233. The molecule has 2 atom stereocenters. The summed E-state index contributed by atoms with van der Waals surface area (Å²) in [5.41, 5.74) is 1.59. The van der Waals surface area contributed by atoms with Crippen LogP contribution in [0, 0.1) is 0 Å². The van der Waals surface area contributed by atoms with Crippen molar-refractivity contribution in [2.75, 3.05) is 41.0 Å². The zero-order chi connectivity index (χ0) is 27.1. The number of nitrogens with one attached hydrogen (secondary N) is 1. The summed E-state index contributed by atoms with van der Waals surface area (Å²) in [6.07, 6.45) is 5.16. The largest absolute Gasteiger partial charge is 0.497 e. The summed E-state index contributed by atoms with van der Waals surface area (Å²) in [7, 11) is 4.74. The average molecular weight is 519 g/mol. The highest BCUT2D eigenvalue weighted by molar-refractivity contribution is 5.76. The van der Waals surface area contributed by atoms with Crippen LogP contribution in [0.2, 0.25) is 0 Å². The maximum atomic E-state index is 12.9. The number of likely N-dealkylation sites (N-methyl/N-ethyl adjacent to an activating group) is 1. The van der Waals surface area contributed by atoms with Gasteiger partial charge in [-0.2, -0.15) is 0 Å². The van der Waals surface area contributed by atoms with Crippen LogP contribution in [0.5, 0.6) is 5.75 Å². The fourth-order valence-electron chi connectivity index (χ4n) is 4.59. The van der Waals surface area contributed by atoms with E-state index in [1.807, 2.05) is 45.0 Å². The molecule has 9 nitrogen and oxygen atoms in total. The second kappa shape index (κ2) is 12.8. The van der Waals surface area contributed by atoms with Gasteiger partial charge in [0.15, 0.2) is 5.79 Å². The van der Waals surface area contributed by atoms with Crippen molar-refractivity contribution >= 4 is 12.1 Å². The Morgan fingerprint density at radius 2 is 1.78 bits per heavy atom. The molecule has 0 unspecified atom stereocenters. The van der Waals surface area contributed by atoms with Crippen LogP contribution in [0.3, 0.4) is 0 Å². The predicted octanol–water partition coefficient (Wildman–Crippen LogP) is 3.85. The van der Waals surface area contributed by atoms with Crippen LogP contribution in [0.15, 0.2) is 35.9 Å². The van der Waals surface area contributed by atoms with Gasteiger partial charge in [0.2, 0.25) is 0 Å². The first-order chi connectivity index (χ1) is 17.5. The van der Waals surface area contributed by atoms with Gasteiger partial charge in [0.25, 0.3) is 0 Å². The molecule has 1 aliphatic carbocycles. The number of rotatable bonds is 10. The molecule has 9 heteroatoms. The van der Waals surface area contributed by atoms with Crippen molar-refractivity contribution in [3.05, 3.63) is 41.5 Å². The number of methoxy groups -OCH3 is 2. The third kappa shape index (κ3) is 8.45. The molecule has 1 aromatic rings. The molecule has 1 amide bonds. The van der Waals surface area contributed by atoms with E-state index in [4.69, 9.17) is 23.7 Å². The minimum atomic E-state index is -0.611. The number of nitrogens with zero attached hydrogens (tertiary/aromatic N) is 1. The van der Waals surface area contributed by atoms with E-state index in [-0.39, 0.29) is 12.0 Å². The van der Waals surface area contributed by atoms with Gasteiger partial charge in [0, 0.05) is 26.4 Å². The van der Waals surface area contributed by atoms with Crippen molar-refractivity contribution < 1.29 is 33.3 Å². The number of benzene rings is 1. The van der Waals surface area contributed by atoms with Crippen LogP contribution in [0.1, 0.15) is 52.0 Å². The molecule has 1 aromatic carbocycles. The van der Waals surface area contributed by atoms with Crippen molar-refractivity contribution in [1.29, 1.82) is 0 Å². The lowest BCUT2D eigenvalue weighted by atomic mass is 9.90. The van der Waals surface area contributed by atoms with Crippen LogP contribution < -0.4 is 10.1 Å². The van der Waals surface area contributed by atoms with Gasteiger partial charge >= 0.3 is 12.1 Å². The SMILES string of the molecule is COC(=O)[C@H](Cc1ccc(OC)cc1)NC[C@H](CC1=CCC2(CC1)OCCO2)N(C)C(=O)OC(C)(C)C. The number of carbonyl (C=O) groups excluding carboxylic acids is 2. The molecule has 1 spiro atoms. The van der Waals surface area contributed by atoms with E-state index in [2.05, 4.69) is 11.4 Å². The second-order valence-corrected chi connectivity index (χ2v) is 10.7. The molecule has 0 bridgehead atoms. The van der Waals surface area contributed by atoms with Gasteiger partial charge < -0.3 is 33.9 Å². The summed E-state index contributed by atoms with van der Waals surface area (Å²) in [6, 6.07) is 6.78. The van der Waals surface area contributed by atoms with Gasteiger partial charge in [-0.05, 0) is 57.7 Å². The maximum Gasteiger partial charge on any atom is 0.410 e. The van der Waals surface area contributed by atoms with Gasteiger partial charge in [-0.25, -0.2) is 4.79 Å². The molecular formula is C28H42N2O7. The maximum absolute atomic E-state index is 12.9. The predicted molar refractivity (Wildman–Crippen MR) is 139 cm³/mol. The zero-order valence-corrected chi connectivity index (χ0v) is 23.0. The molecule has 1 fully saturated rings. The topological polar surface area (TPSA) is 95.6 Å².